The molecule has 2 atom stereocenters. The summed E-state index contributed by atoms with van der Waals surface area (Å²) in [6, 6.07) is 0. The minimum absolute atomic E-state index is 0.0448. The number of fused-ring (bicyclic) bond motifs is 1. The molecular weight excluding hydrogens is 244 g/mol. The van der Waals surface area contributed by atoms with Crippen molar-refractivity contribution in [3.63, 3.8) is 0 Å². The first kappa shape index (κ1) is 10.8. The fourth-order valence-electron chi connectivity index (χ4n) is 2.17. The average Bonchev–Trinajstić information content (AvgIpc) is 2.85. The maximum atomic E-state index is 6.17. The molecule has 0 amide bonds. The van der Waals surface area contributed by atoms with Crippen LogP contribution in [0.3, 0.4) is 0 Å². The first-order chi connectivity index (χ1) is 7.74. The van der Waals surface area contributed by atoms with E-state index < -0.39 is 0 Å². The standard InChI is InChI=1S/C11H13ClN2OS/c1-6-2-3-9(15-6)11-13-8-5-16-4-7(8)10(12)14-11/h6,9H,2-5H2,1H3. The number of ether oxygens (including phenoxy) is 1. The second-order valence-corrected chi connectivity index (χ2v) is 5.65. The van der Waals surface area contributed by atoms with E-state index in [2.05, 4.69) is 16.9 Å². The van der Waals surface area contributed by atoms with Crippen LogP contribution in [0.2, 0.25) is 5.15 Å². The molecule has 0 saturated carbocycles. The molecule has 2 aliphatic heterocycles. The summed E-state index contributed by atoms with van der Waals surface area (Å²) < 4.78 is 5.77. The minimum Gasteiger partial charge on any atom is -0.367 e. The molecule has 0 radical (unpaired) electrons. The summed E-state index contributed by atoms with van der Waals surface area (Å²) in [5, 5.41) is 0.619. The van der Waals surface area contributed by atoms with Crippen molar-refractivity contribution in [3.8, 4) is 0 Å². The number of hydrogen-bond donors (Lipinski definition) is 0. The van der Waals surface area contributed by atoms with Crippen LogP contribution >= 0.6 is 23.4 Å². The van der Waals surface area contributed by atoms with Crippen molar-refractivity contribution in [3.05, 3.63) is 22.2 Å². The van der Waals surface area contributed by atoms with E-state index in [0.717, 1.165) is 41.4 Å². The fourth-order valence-corrected chi connectivity index (χ4v) is 3.55. The molecule has 0 N–H and O–H groups in total. The van der Waals surface area contributed by atoms with Gasteiger partial charge in [0.25, 0.3) is 0 Å². The van der Waals surface area contributed by atoms with Gasteiger partial charge in [0.05, 0.1) is 11.8 Å². The molecule has 1 saturated heterocycles. The first-order valence-corrected chi connectivity index (χ1v) is 7.05. The molecule has 1 aromatic rings. The third-order valence-electron chi connectivity index (χ3n) is 3.06. The van der Waals surface area contributed by atoms with Crippen molar-refractivity contribution in [2.75, 3.05) is 0 Å². The van der Waals surface area contributed by atoms with Crippen molar-refractivity contribution < 1.29 is 4.74 Å². The van der Waals surface area contributed by atoms with Crippen LogP contribution in [-0.2, 0) is 16.2 Å². The third kappa shape index (κ3) is 1.83. The van der Waals surface area contributed by atoms with E-state index in [1.54, 1.807) is 0 Å². The van der Waals surface area contributed by atoms with Crippen LogP contribution in [0, 0.1) is 0 Å². The molecule has 3 rings (SSSR count). The van der Waals surface area contributed by atoms with Crippen molar-refractivity contribution in [2.45, 2.75) is 43.5 Å². The summed E-state index contributed by atoms with van der Waals surface area (Å²) in [6.07, 6.45) is 2.44. The van der Waals surface area contributed by atoms with Crippen LogP contribution in [0.1, 0.15) is 43.0 Å². The van der Waals surface area contributed by atoms with Crippen LogP contribution in [0.15, 0.2) is 0 Å². The van der Waals surface area contributed by atoms with E-state index in [0.29, 0.717) is 11.3 Å². The molecule has 2 aliphatic rings. The Morgan fingerprint density at radius 3 is 2.94 bits per heavy atom. The Morgan fingerprint density at radius 1 is 1.31 bits per heavy atom. The summed E-state index contributed by atoms with van der Waals surface area (Å²) in [4.78, 5) is 8.97. The summed E-state index contributed by atoms with van der Waals surface area (Å²) in [5.74, 6) is 2.67. The number of nitrogens with zero attached hydrogens (tertiary/aromatic N) is 2. The number of rotatable bonds is 1. The summed E-state index contributed by atoms with van der Waals surface area (Å²) in [7, 11) is 0. The zero-order valence-electron chi connectivity index (χ0n) is 9.07. The van der Waals surface area contributed by atoms with Gasteiger partial charge in [-0.15, -0.1) is 0 Å². The highest BCUT2D eigenvalue weighted by molar-refractivity contribution is 7.98. The molecule has 16 heavy (non-hydrogen) atoms. The third-order valence-corrected chi connectivity index (χ3v) is 4.35. The van der Waals surface area contributed by atoms with Gasteiger partial charge in [0, 0.05) is 17.1 Å². The zero-order valence-corrected chi connectivity index (χ0v) is 10.6. The van der Waals surface area contributed by atoms with Crippen LogP contribution in [0.5, 0.6) is 0 Å². The summed E-state index contributed by atoms with van der Waals surface area (Å²) >= 11 is 8.01. The Kier molecular flexibility index (Phi) is 2.81. The van der Waals surface area contributed by atoms with Gasteiger partial charge in [0.1, 0.15) is 11.3 Å². The molecule has 3 heterocycles. The molecule has 2 unspecified atom stereocenters. The second kappa shape index (κ2) is 4.17. The van der Waals surface area contributed by atoms with Crippen LogP contribution in [-0.4, -0.2) is 16.1 Å². The van der Waals surface area contributed by atoms with Gasteiger partial charge in [0.2, 0.25) is 0 Å². The molecule has 0 bridgehead atoms. The van der Waals surface area contributed by atoms with E-state index in [4.69, 9.17) is 16.3 Å². The normalized spacial score (nSPS) is 28.4. The smallest absolute Gasteiger partial charge is 0.159 e. The lowest BCUT2D eigenvalue weighted by molar-refractivity contribution is 0.0502. The first-order valence-electron chi connectivity index (χ1n) is 5.52. The molecule has 0 aliphatic carbocycles. The lowest BCUT2D eigenvalue weighted by atomic mass is 10.2. The summed E-state index contributed by atoms with van der Waals surface area (Å²) in [6.45, 7) is 2.09. The van der Waals surface area contributed by atoms with Gasteiger partial charge in [0.15, 0.2) is 5.82 Å². The van der Waals surface area contributed by atoms with E-state index in [1.807, 2.05) is 11.8 Å². The van der Waals surface area contributed by atoms with Gasteiger partial charge in [-0.3, -0.25) is 0 Å². The Balaban J connectivity index is 1.94. The molecule has 1 fully saturated rings. The maximum Gasteiger partial charge on any atom is 0.159 e. The average molecular weight is 257 g/mol. The van der Waals surface area contributed by atoms with Crippen molar-refractivity contribution >= 4 is 23.4 Å². The number of aromatic nitrogens is 2. The van der Waals surface area contributed by atoms with Crippen molar-refractivity contribution in [1.29, 1.82) is 0 Å². The number of hydrogen-bond acceptors (Lipinski definition) is 4. The number of thioether (sulfide) groups is 1. The fraction of sp³-hybridized carbons (Fsp3) is 0.636. The highest BCUT2D eigenvalue weighted by Crippen LogP contribution is 2.36. The van der Waals surface area contributed by atoms with Crippen LogP contribution in [0.4, 0.5) is 0 Å². The maximum absolute atomic E-state index is 6.17. The lowest BCUT2D eigenvalue weighted by Crippen LogP contribution is -2.08. The van der Waals surface area contributed by atoms with Gasteiger partial charge in [-0.1, -0.05) is 11.6 Å². The lowest BCUT2D eigenvalue weighted by Gasteiger charge is -2.11. The van der Waals surface area contributed by atoms with Gasteiger partial charge in [-0.05, 0) is 19.8 Å². The minimum atomic E-state index is 0.0448. The largest absolute Gasteiger partial charge is 0.367 e. The molecule has 0 spiro atoms. The zero-order chi connectivity index (χ0) is 11.1. The Morgan fingerprint density at radius 2 is 2.19 bits per heavy atom. The van der Waals surface area contributed by atoms with Gasteiger partial charge >= 0.3 is 0 Å². The SMILES string of the molecule is CC1CCC(c2nc(Cl)c3c(n2)CSC3)O1. The predicted molar refractivity (Wildman–Crippen MR) is 64.6 cm³/mol. The topological polar surface area (TPSA) is 35.0 Å². The van der Waals surface area contributed by atoms with Gasteiger partial charge < -0.3 is 4.74 Å². The van der Waals surface area contributed by atoms with E-state index in [1.165, 1.54) is 0 Å². The van der Waals surface area contributed by atoms with Crippen molar-refractivity contribution in [2.24, 2.45) is 0 Å². The van der Waals surface area contributed by atoms with Crippen LogP contribution in [0.25, 0.3) is 0 Å². The van der Waals surface area contributed by atoms with Crippen LogP contribution < -0.4 is 0 Å². The van der Waals surface area contributed by atoms with Gasteiger partial charge in [-0.2, -0.15) is 11.8 Å². The quantitative estimate of drug-likeness (QED) is 0.724. The summed E-state index contributed by atoms with van der Waals surface area (Å²) in [5.41, 5.74) is 2.21. The highest BCUT2D eigenvalue weighted by atomic mass is 35.5. The van der Waals surface area contributed by atoms with E-state index in [-0.39, 0.29) is 6.10 Å². The van der Waals surface area contributed by atoms with Crippen molar-refractivity contribution in [1.82, 2.24) is 9.97 Å². The Labute approximate surface area is 104 Å². The molecule has 5 heteroatoms. The molecule has 3 nitrogen and oxygen atoms in total. The molecule has 86 valence electrons. The molecule has 1 aromatic heterocycles. The highest BCUT2D eigenvalue weighted by Gasteiger charge is 2.28. The molecule has 0 aromatic carbocycles. The predicted octanol–water partition coefficient (Wildman–Crippen LogP) is 3.12. The Bertz CT molecular complexity index is 427. The van der Waals surface area contributed by atoms with E-state index >= 15 is 0 Å². The van der Waals surface area contributed by atoms with Gasteiger partial charge in [-0.25, -0.2) is 9.97 Å². The molecular formula is C11H13ClN2OS. The number of halogens is 1. The Hall–Kier alpha value is -0.320. The second-order valence-electron chi connectivity index (χ2n) is 4.30. The monoisotopic (exact) mass is 256 g/mol. The van der Waals surface area contributed by atoms with E-state index in [9.17, 15) is 0 Å².